The van der Waals surface area contributed by atoms with Crippen molar-refractivity contribution in [2.75, 3.05) is 6.54 Å². The third-order valence-corrected chi connectivity index (χ3v) is 1.98. The summed E-state index contributed by atoms with van der Waals surface area (Å²) in [5, 5.41) is 12.3. The fourth-order valence-electron chi connectivity index (χ4n) is 1.55. The Labute approximate surface area is 56.3 Å². The van der Waals surface area contributed by atoms with Gasteiger partial charge in [-0.2, -0.15) is 0 Å². The summed E-state index contributed by atoms with van der Waals surface area (Å²) in [5.41, 5.74) is 0.244. The SMILES string of the molecule is CCN[C@]1(C)C[C@@H](O)C1. The van der Waals surface area contributed by atoms with Crippen molar-refractivity contribution in [3.05, 3.63) is 0 Å². The first-order valence-corrected chi connectivity index (χ1v) is 3.59. The van der Waals surface area contributed by atoms with Crippen molar-refractivity contribution >= 4 is 0 Å². The molecule has 0 aliphatic heterocycles. The van der Waals surface area contributed by atoms with Crippen LogP contribution >= 0.6 is 0 Å². The number of aliphatic hydroxyl groups is 1. The molecule has 9 heavy (non-hydrogen) atoms. The minimum atomic E-state index is -0.0472. The van der Waals surface area contributed by atoms with Gasteiger partial charge in [0.05, 0.1) is 6.10 Å². The molecule has 1 aliphatic carbocycles. The van der Waals surface area contributed by atoms with Gasteiger partial charge in [0.2, 0.25) is 0 Å². The molecule has 0 unspecified atom stereocenters. The molecule has 54 valence electrons. The zero-order valence-electron chi connectivity index (χ0n) is 6.15. The first-order chi connectivity index (χ1) is 4.16. The van der Waals surface area contributed by atoms with Crippen LogP contribution in [0.2, 0.25) is 0 Å². The molecular formula is C7H15NO. The quantitative estimate of drug-likeness (QED) is 0.569. The van der Waals surface area contributed by atoms with E-state index in [1.165, 1.54) is 0 Å². The summed E-state index contributed by atoms with van der Waals surface area (Å²) in [6.45, 7) is 5.25. The van der Waals surface area contributed by atoms with E-state index in [4.69, 9.17) is 5.11 Å². The lowest BCUT2D eigenvalue weighted by molar-refractivity contribution is 0.0129. The fourth-order valence-corrected chi connectivity index (χ4v) is 1.55. The predicted octanol–water partition coefficient (Wildman–Crippen LogP) is 0.509. The van der Waals surface area contributed by atoms with Crippen LogP contribution in [-0.4, -0.2) is 23.3 Å². The molecule has 0 saturated heterocycles. The third-order valence-electron chi connectivity index (χ3n) is 1.98. The smallest absolute Gasteiger partial charge is 0.0575 e. The van der Waals surface area contributed by atoms with Crippen molar-refractivity contribution in [1.82, 2.24) is 5.32 Å². The zero-order valence-corrected chi connectivity index (χ0v) is 6.15. The van der Waals surface area contributed by atoms with Crippen LogP contribution in [0.1, 0.15) is 26.7 Å². The van der Waals surface area contributed by atoms with Gasteiger partial charge in [-0.25, -0.2) is 0 Å². The molecule has 0 bridgehead atoms. The summed E-state index contributed by atoms with van der Waals surface area (Å²) in [6, 6.07) is 0. The van der Waals surface area contributed by atoms with Crippen LogP contribution in [0.4, 0.5) is 0 Å². The van der Waals surface area contributed by atoms with E-state index in [0.29, 0.717) is 0 Å². The Bertz CT molecular complexity index is 91.6. The second-order valence-corrected chi connectivity index (χ2v) is 3.15. The summed E-state index contributed by atoms with van der Waals surface area (Å²) in [6.07, 6.45) is 1.79. The topological polar surface area (TPSA) is 32.3 Å². The highest BCUT2D eigenvalue weighted by Gasteiger charge is 2.37. The Balaban J connectivity index is 2.23. The Morgan fingerprint density at radius 3 is 2.56 bits per heavy atom. The van der Waals surface area contributed by atoms with E-state index in [1.54, 1.807) is 0 Å². The maximum atomic E-state index is 8.97. The van der Waals surface area contributed by atoms with E-state index in [1.807, 2.05) is 0 Å². The summed E-state index contributed by atoms with van der Waals surface area (Å²) >= 11 is 0. The molecular weight excluding hydrogens is 114 g/mol. The highest BCUT2D eigenvalue weighted by atomic mass is 16.3. The predicted molar refractivity (Wildman–Crippen MR) is 37.3 cm³/mol. The van der Waals surface area contributed by atoms with Gasteiger partial charge in [-0.05, 0) is 26.3 Å². The number of hydrogen-bond donors (Lipinski definition) is 2. The molecule has 0 radical (unpaired) electrons. The number of aliphatic hydroxyl groups excluding tert-OH is 1. The normalized spacial score (nSPS) is 42.3. The molecule has 2 nitrogen and oxygen atoms in total. The van der Waals surface area contributed by atoms with E-state index in [2.05, 4.69) is 19.2 Å². The maximum absolute atomic E-state index is 8.97. The highest BCUT2D eigenvalue weighted by molar-refractivity contribution is 4.97. The Morgan fingerprint density at radius 1 is 1.67 bits per heavy atom. The summed E-state index contributed by atoms with van der Waals surface area (Å²) in [5.74, 6) is 0. The Hall–Kier alpha value is -0.0800. The van der Waals surface area contributed by atoms with Crippen LogP contribution in [0, 0.1) is 0 Å². The van der Waals surface area contributed by atoms with E-state index >= 15 is 0 Å². The molecule has 0 aromatic rings. The highest BCUT2D eigenvalue weighted by Crippen LogP contribution is 2.31. The van der Waals surface area contributed by atoms with Gasteiger partial charge in [0.15, 0.2) is 0 Å². The van der Waals surface area contributed by atoms with Gasteiger partial charge in [-0.3, -0.25) is 0 Å². The molecule has 0 amide bonds. The van der Waals surface area contributed by atoms with E-state index in [9.17, 15) is 0 Å². The second kappa shape index (κ2) is 2.27. The van der Waals surface area contributed by atoms with E-state index in [0.717, 1.165) is 19.4 Å². The zero-order chi connectivity index (χ0) is 6.91. The van der Waals surface area contributed by atoms with Crippen molar-refractivity contribution in [2.24, 2.45) is 0 Å². The average molecular weight is 129 g/mol. The molecule has 0 atom stereocenters. The van der Waals surface area contributed by atoms with Crippen LogP contribution in [0.25, 0.3) is 0 Å². The van der Waals surface area contributed by atoms with Crippen LogP contribution in [-0.2, 0) is 0 Å². The van der Waals surface area contributed by atoms with Crippen molar-refractivity contribution in [3.63, 3.8) is 0 Å². The number of nitrogens with one attached hydrogen (secondary N) is 1. The van der Waals surface area contributed by atoms with Crippen LogP contribution in [0.3, 0.4) is 0 Å². The van der Waals surface area contributed by atoms with Crippen molar-refractivity contribution in [2.45, 2.75) is 38.3 Å². The molecule has 2 heteroatoms. The molecule has 0 aromatic carbocycles. The third kappa shape index (κ3) is 1.43. The number of rotatable bonds is 2. The van der Waals surface area contributed by atoms with Crippen LogP contribution in [0.15, 0.2) is 0 Å². The molecule has 1 rings (SSSR count). The van der Waals surface area contributed by atoms with Crippen LogP contribution < -0.4 is 5.32 Å². The van der Waals surface area contributed by atoms with Gasteiger partial charge >= 0.3 is 0 Å². The van der Waals surface area contributed by atoms with E-state index < -0.39 is 0 Å². The summed E-state index contributed by atoms with van der Waals surface area (Å²) in [7, 11) is 0. The fraction of sp³-hybridized carbons (Fsp3) is 1.00. The molecule has 2 N–H and O–H groups in total. The summed E-state index contributed by atoms with van der Waals surface area (Å²) in [4.78, 5) is 0. The molecule has 1 saturated carbocycles. The monoisotopic (exact) mass is 129 g/mol. The molecule has 1 fully saturated rings. The lowest BCUT2D eigenvalue weighted by atomic mass is 9.76. The van der Waals surface area contributed by atoms with Gasteiger partial charge < -0.3 is 10.4 Å². The lowest BCUT2D eigenvalue weighted by Gasteiger charge is -2.43. The molecule has 1 aliphatic rings. The Morgan fingerprint density at radius 2 is 2.22 bits per heavy atom. The standard InChI is InChI=1S/C7H15NO/c1-3-8-7(2)4-6(9)5-7/h6,8-9H,3-5H2,1-2H3/t6-,7-. The first-order valence-electron chi connectivity index (χ1n) is 3.59. The largest absolute Gasteiger partial charge is 0.393 e. The first kappa shape index (κ1) is 7.03. The molecule has 0 aromatic heterocycles. The van der Waals surface area contributed by atoms with Crippen LogP contribution in [0.5, 0.6) is 0 Å². The van der Waals surface area contributed by atoms with Gasteiger partial charge in [-0.15, -0.1) is 0 Å². The van der Waals surface area contributed by atoms with Crippen molar-refractivity contribution in [3.8, 4) is 0 Å². The molecule has 0 spiro atoms. The average Bonchev–Trinajstić information content (AvgIpc) is 1.62. The minimum Gasteiger partial charge on any atom is -0.393 e. The summed E-state index contributed by atoms with van der Waals surface area (Å²) < 4.78 is 0. The Kier molecular flexibility index (Phi) is 1.78. The van der Waals surface area contributed by atoms with Gasteiger partial charge in [-0.1, -0.05) is 6.92 Å². The molecule has 0 heterocycles. The van der Waals surface area contributed by atoms with Gasteiger partial charge in [0.25, 0.3) is 0 Å². The van der Waals surface area contributed by atoms with E-state index in [-0.39, 0.29) is 11.6 Å². The van der Waals surface area contributed by atoms with Crippen molar-refractivity contribution < 1.29 is 5.11 Å². The minimum absolute atomic E-state index is 0.0472. The van der Waals surface area contributed by atoms with Crippen molar-refractivity contribution in [1.29, 1.82) is 0 Å². The lowest BCUT2D eigenvalue weighted by Crippen LogP contribution is -2.55. The van der Waals surface area contributed by atoms with Gasteiger partial charge in [0, 0.05) is 5.54 Å². The number of hydrogen-bond acceptors (Lipinski definition) is 2. The second-order valence-electron chi connectivity index (χ2n) is 3.15. The maximum Gasteiger partial charge on any atom is 0.0575 e. The van der Waals surface area contributed by atoms with Gasteiger partial charge in [0.1, 0.15) is 0 Å².